The van der Waals surface area contributed by atoms with Gasteiger partial charge in [0.15, 0.2) is 0 Å². The number of aromatic nitrogens is 6. The number of thioether (sulfide) groups is 1. The molecule has 0 spiro atoms. The second kappa shape index (κ2) is 6.39. The molecule has 22 heavy (non-hydrogen) atoms. The van der Waals surface area contributed by atoms with Gasteiger partial charge in [-0.1, -0.05) is 23.9 Å². The highest BCUT2D eigenvalue weighted by Gasteiger charge is 2.08. The molecule has 3 rings (SSSR count). The van der Waals surface area contributed by atoms with Crippen LogP contribution < -0.4 is 5.32 Å². The number of aryl methyl sites for hydroxylation is 1. The second-order valence-corrected chi connectivity index (χ2v) is 5.41. The second-order valence-electron chi connectivity index (χ2n) is 4.47. The third-order valence-corrected chi connectivity index (χ3v) is 3.90. The van der Waals surface area contributed by atoms with Gasteiger partial charge >= 0.3 is 0 Å². The summed E-state index contributed by atoms with van der Waals surface area (Å²) in [5, 5.41) is 21.3. The summed E-state index contributed by atoms with van der Waals surface area (Å²) >= 11 is 1.28. The summed E-state index contributed by atoms with van der Waals surface area (Å²) in [6.07, 6.45) is 1.70. The number of aromatic amines is 1. The van der Waals surface area contributed by atoms with Gasteiger partial charge in [-0.25, -0.2) is 4.68 Å². The normalized spacial score (nSPS) is 10.6. The summed E-state index contributed by atoms with van der Waals surface area (Å²) in [5.41, 5.74) is 2.68. The SMILES string of the molecule is Cn1nnnc1SCC(=O)Nc1ccc(-c2ccn[nH]2)cc1. The molecule has 112 valence electrons. The molecule has 0 atom stereocenters. The number of hydrogen-bond donors (Lipinski definition) is 2. The lowest BCUT2D eigenvalue weighted by Crippen LogP contribution is -2.14. The lowest BCUT2D eigenvalue weighted by Gasteiger charge is -2.05. The number of benzene rings is 1. The van der Waals surface area contributed by atoms with Crippen molar-refractivity contribution in [1.82, 2.24) is 30.4 Å². The zero-order valence-electron chi connectivity index (χ0n) is 11.7. The van der Waals surface area contributed by atoms with Crippen LogP contribution in [0, 0.1) is 0 Å². The van der Waals surface area contributed by atoms with Crippen LogP contribution in [-0.2, 0) is 11.8 Å². The van der Waals surface area contributed by atoms with Crippen LogP contribution in [0.1, 0.15) is 0 Å². The maximum atomic E-state index is 11.9. The molecule has 0 aliphatic rings. The number of carbonyl (C=O) groups excluding carboxylic acids is 1. The van der Waals surface area contributed by atoms with Crippen LogP contribution in [0.4, 0.5) is 5.69 Å². The van der Waals surface area contributed by atoms with E-state index in [4.69, 9.17) is 0 Å². The molecule has 0 saturated heterocycles. The zero-order valence-corrected chi connectivity index (χ0v) is 12.5. The van der Waals surface area contributed by atoms with Gasteiger partial charge in [0.1, 0.15) is 0 Å². The average molecular weight is 315 g/mol. The fourth-order valence-corrected chi connectivity index (χ4v) is 2.47. The van der Waals surface area contributed by atoms with E-state index in [1.165, 1.54) is 16.4 Å². The largest absolute Gasteiger partial charge is 0.325 e. The molecule has 2 N–H and O–H groups in total. The Morgan fingerprint density at radius 2 is 2.14 bits per heavy atom. The van der Waals surface area contributed by atoms with Crippen LogP contribution in [0.2, 0.25) is 0 Å². The summed E-state index contributed by atoms with van der Waals surface area (Å²) in [6, 6.07) is 9.43. The standard InChI is InChI=1S/C13H13N7OS/c1-20-13(17-18-19-20)22-8-12(21)15-10-4-2-9(3-5-10)11-6-7-14-16-11/h2-7H,8H2,1H3,(H,14,16)(H,15,21). The number of H-pyrrole nitrogens is 1. The van der Waals surface area contributed by atoms with Gasteiger partial charge in [0.25, 0.3) is 0 Å². The summed E-state index contributed by atoms with van der Waals surface area (Å²) in [4.78, 5) is 11.9. The van der Waals surface area contributed by atoms with Crippen molar-refractivity contribution in [2.45, 2.75) is 5.16 Å². The number of rotatable bonds is 5. The predicted molar refractivity (Wildman–Crippen MR) is 82.2 cm³/mol. The van der Waals surface area contributed by atoms with E-state index >= 15 is 0 Å². The molecular weight excluding hydrogens is 302 g/mol. The van der Waals surface area contributed by atoms with E-state index in [9.17, 15) is 4.79 Å². The van der Waals surface area contributed by atoms with E-state index in [2.05, 4.69) is 31.0 Å². The third-order valence-electron chi connectivity index (χ3n) is 2.89. The first-order chi connectivity index (χ1) is 10.7. The first-order valence-electron chi connectivity index (χ1n) is 6.47. The highest BCUT2D eigenvalue weighted by molar-refractivity contribution is 7.99. The lowest BCUT2D eigenvalue weighted by molar-refractivity contribution is -0.113. The Morgan fingerprint density at radius 3 is 2.77 bits per heavy atom. The van der Waals surface area contributed by atoms with Crippen LogP contribution in [0.25, 0.3) is 11.3 Å². The Morgan fingerprint density at radius 1 is 1.32 bits per heavy atom. The molecule has 0 radical (unpaired) electrons. The van der Waals surface area contributed by atoms with Gasteiger partial charge in [0, 0.05) is 18.9 Å². The molecule has 2 aromatic heterocycles. The van der Waals surface area contributed by atoms with E-state index in [0.29, 0.717) is 5.16 Å². The molecule has 3 aromatic rings. The maximum absolute atomic E-state index is 11.9. The van der Waals surface area contributed by atoms with Gasteiger partial charge in [0.05, 0.1) is 11.4 Å². The van der Waals surface area contributed by atoms with Crippen molar-refractivity contribution in [2.75, 3.05) is 11.1 Å². The average Bonchev–Trinajstić information content (AvgIpc) is 3.18. The van der Waals surface area contributed by atoms with E-state index in [1.54, 1.807) is 13.2 Å². The van der Waals surface area contributed by atoms with Crippen LogP contribution in [0.15, 0.2) is 41.7 Å². The summed E-state index contributed by atoms with van der Waals surface area (Å²) in [7, 11) is 1.73. The van der Waals surface area contributed by atoms with E-state index < -0.39 is 0 Å². The molecule has 1 aromatic carbocycles. The molecule has 0 aliphatic heterocycles. The monoisotopic (exact) mass is 315 g/mol. The van der Waals surface area contributed by atoms with Crippen molar-refractivity contribution in [3.8, 4) is 11.3 Å². The highest BCUT2D eigenvalue weighted by atomic mass is 32.2. The number of nitrogens with zero attached hydrogens (tertiary/aromatic N) is 5. The van der Waals surface area contributed by atoms with Gasteiger partial charge < -0.3 is 5.32 Å². The number of nitrogens with one attached hydrogen (secondary N) is 2. The Labute approximate surface area is 130 Å². The van der Waals surface area contributed by atoms with Crippen LogP contribution in [-0.4, -0.2) is 42.1 Å². The molecule has 2 heterocycles. The third kappa shape index (κ3) is 3.31. The number of tetrazole rings is 1. The molecular formula is C13H13N7OS. The molecule has 0 saturated carbocycles. The topological polar surface area (TPSA) is 101 Å². The fourth-order valence-electron chi connectivity index (χ4n) is 1.82. The zero-order chi connectivity index (χ0) is 15.4. The Hall–Kier alpha value is -2.68. The number of anilines is 1. The van der Waals surface area contributed by atoms with Gasteiger partial charge in [-0.05, 0) is 34.2 Å². The van der Waals surface area contributed by atoms with Crippen LogP contribution >= 0.6 is 11.8 Å². The van der Waals surface area contributed by atoms with Crippen LogP contribution in [0.5, 0.6) is 0 Å². The molecule has 1 amide bonds. The van der Waals surface area contributed by atoms with Crippen molar-refractivity contribution < 1.29 is 4.79 Å². The number of amides is 1. The molecule has 9 heteroatoms. The smallest absolute Gasteiger partial charge is 0.234 e. The van der Waals surface area contributed by atoms with E-state index in [-0.39, 0.29) is 11.7 Å². The fraction of sp³-hybridized carbons (Fsp3) is 0.154. The maximum Gasteiger partial charge on any atom is 0.234 e. The van der Waals surface area contributed by atoms with Crippen LogP contribution in [0.3, 0.4) is 0 Å². The summed E-state index contributed by atoms with van der Waals surface area (Å²) in [6.45, 7) is 0. The molecule has 8 nitrogen and oxygen atoms in total. The first-order valence-corrected chi connectivity index (χ1v) is 7.46. The van der Waals surface area contributed by atoms with E-state index in [0.717, 1.165) is 16.9 Å². The lowest BCUT2D eigenvalue weighted by atomic mass is 10.1. The molecule has 0 unspecified atom stereocenters. The number of carbonyl (C=O) groups is 1. The van der Waals surface area contributed by atoms with Crippen molar-refractivity contribution in [1.29, 1.82) is 0 Å². The predicted octanol–water partition coefficient (Wildman–Crippen LogP) is 1.33. The quantitative estimate of drug-likeness (QED) is 0.689. The Kier molecular flexibility index (Phi) is 4.15. The number of hydrogen-bond acceptors (Lipinski definition) is 6. The van der Waals surface area contributed by atoms with Gasteiger partial charge in [-0.3, -0.25) is 9.89 Å². The van der Waals surface area contributed by atoms with Gasteiger partial charge in [-0.15, -0.1) is 5.10 Å². The first kappa shape index (κ1) is 14.3. The molecule has 0 bridgehead atoms. The van der Waals surface area contributed by atoms with Crippen molar-refractivity contribution >= 4 is 23.4 Å². The summed E-state index contributed by atoms with van der Waals surface area (Å²) in [5.74, 6) is 0.138. The minimum absolute atomic E-state index is 0.109. The minimum Gasteiger partial charge on any atom is -0.325 e. The summed E-state index contributed by atoms with van der Waals surface area (Å²) < 4.78 is 1.52. The van der Waals surface area contributed by atoms with E-state index in [1.807, 2.05) is 30.3 Å². The van der Waals surface area contributed by atoms with Crippen molar-refractivity contribution in [2.24, 2.45) is 7.05 Å². The Bertz CT molecular complexity index is 751. The van der Waals surface area contributed by atoms with Gasteiger partial charge in [0.2, 0.25) is 11.1 Å². The molecule has 0 fully saturated rings. The van der Waals surface area contributed by atoms with Crippen molar-refractivity contribution in [3.05, 3.63) is 36.5 Å². The minimum atomic E-state index is -0.109. The van der Waals surface area contributed by atoms with Crippen molar-refractivity contribution in [3.63, 3.8) is 0 Å². The highest BCUT2D eigenvalue weighted by Crippen LogP contribution is 2.19. The molecule has 0 aliphatic carbocycles. The Balaban J connectivity index is 1.56. The van der Waals surface area contributed by atoms with Gasteiger partial charge in [-0.2, -0.15) is 5.10 Å².